The standard InChI is InChI=1S/C24H31N3O5S/c1-17(27(33(3,30)31)19-13-15-20(32-2)16-14-19)23(28)26-22-12-8-7-11-21(22)24(29)25-18-9-5-4-6-10-18/h7-8,11-18H,4-6,9-10H2,1-3H3,(H,25,29)(H,26,28)/t17-/m1/s1. The number of sulfonamides is 1. The second-order valence-electron chi connectivity index (χ2n) is 8.28. The topological polar surface area (TPSA) is 105 Å². The normalized spacial score (nSPS) is 15.4. The lowest BCUT2D eigenvalue weighted by Gasteiger charge is -2.28. The van der Waals surface area contributed by atoms with Gasteiger partial charge < -0.3 is 15.4 Å². The molecule has 0 unspecified atom stereocenters. The zero-order valence-corrected chi connectivity index (χ0v) is 20.0. The SMILES string of the molecule is COc1ccc(N([C@H](C)C(=O)Nc2ccccc2C(=O)NC2CCCCC2)S(C)(=O)=O)cc1. The maximum Gasteiger partial charge on any atom is 0.253 e. The van der Waals surface area contributed by atoms with Crippen molar-refractivity contribution in [3.8, 4) is 5.75 Å². The number of benzene rings is 2. The van der Waals surface area contributed by atoms with Crippen molar-refractivity contribution in [3.63, 3.8) is 0 Å². The fourth-order valence-electron chi connectivity index (χ4n) is 4.08. The number of anilines is 2. The number of amides is 2. The Morgan fingerprint density at radius 1 is 1.03 bits per heavy atom. The molecule has 1 aliphatic rings. The van der Waals surface area contributed by atoms with Crippen LogP contribution in [0.2, 0.25) is 0 Å². The minimum Gasteiger partial charge on any atom is -0.497 e. The average molecular weight is 474 g/mol. The number of methoxy groups -OCH3 is 1. The molecule has 1 fully saturated rings. The summed E-state index contributed by atoms with van der Waals surface area (Å²) in [5.74, 6) is -0.225. The van der Waals surface area contributed by atoms with Crippen LogP contribution in [0.25, 0.3) is 0 Å². The maximum atomic E-state index is 13.1. The van der Waals surface area contributed by atoms with Crippen LogP contribution in [0.5, 0.6) is 5.75 Å². The Morgan fingerprint density at radius 3 is 2.27 bits per heavy atom. The lowest BCUT2D eigenvalue weighted by Crippen LogP contribution is -2.45. The lowest BCUT2D eigenvalue weighted by atomic mass is 9.95. The summed E-state index contributed by atoms with van der Waals surface area (Å²) in [5, 5.41) is 5.80. The Balaban J connectivity index is 1.79. The van der Waals surface area contributed by atoms with Crippen molar-refractivity contribution in [2.24, 2.45) is 0 Å². The molecule has 2 N–H and O–H groups in total. The number of carbonyl (C=O) groups excluding carboxylic acids is 2. The smallest absolute Gasteiger partial charge is 0.253 e. The van der Waals surface area contributed by atoms with E-state index in [-0.39, 0.29) is 11.9 Å². The Hall–Kier alpha value is -3.07. The van der Waals surface area contributed by atoms with Crippen molar-refractivity contribution in [2.45, 2.75) is 51.1 Å². The third-order valence-electron chi connectivity index (χ3n) is 5.79. The van der Waals surface area contributed by atoms with Crippen LogP contribution in [0, 0.1) is 0 Å². The van der Waals surface area contributed by atoms with Crippen molar-refractivity contribution in [2.75, 3.05) is 23.0 Å². The van der Waals surface area contributed by atoms with Gasteiger partial charge in [-0.05, 0) is 56.2 Å². The molecule has 0 heterocycles. The van der Waals surface area contributed by atoms with E-state index in [0.717, 1.165) is 36.2 Å². The van der Waals surface area contributed by atoms with Crippen LogP contribution in [0.1, 0.15) is 49.4 Å². The minimum atomic E-state index is -3.77. The van der Waals surface area contributed by atoms with Crippen molar-refractivity contribution in [3.05, 3.63) is 54.1 Å². The molecule has 2 amide bonds. The van der Waals surface area contributed by atoms with Gasteiger partial charge in [-0.2, -0.15) is 0 Å². The zero-order chi connectivity index (χ0) is 24.0. The first-order valence-corrected chi connectivity index (χ1v) is 12.9. The van der Waals surface area contributed by atoms with Gasteiger partial charge in [-0.3, -0.25) is 13.9 Å². The highest BCUT2D eigenvalue weighted by Gasteiger charge is 2.30. The van der Waals surface area contributed by atoms with Crippen LogP contribution in [-0.4, -0.2) is 45.7 Å². The van der Waals surface area contributed by atoms with Crippen LogP contribution >= 0.6 is 0 Å². The van der Waals surface area contributed by atoms with E-state index in [1.165, 1.54) is 20.5 Å². The number of para-hydroxylation sites is 1. The first-order chi connectivity index (χ1) is 15.7. The van der Waals surface area contributed by atoms with E-state index >= 15 is 0 Å². The van der Waals surface area contributed by atoms with Gasteiger partial charge in [0.05, 0.1) is 30.3 Å². The fraction of sp³-hybridized carbons (Fsp3) is 0.417. The van der Waals surface area contributed by atoms with Gasteiger partial charge in [0.15, 0.2) is 0 Å². The quantitative estimate of drug-likeness (QED) is 0.610. The molecule has 3 rings (SSSR count). The van der Waals surface area contributed by atoms with E-state index in [1.807, 2.05) is 0 Å². The lowest BCUT2D eigenvalue weighted by molar-refractivity contribution is -0.116. The molecule has 0 bridgehead atoms. The number of carbonyl (C=O) groups is 2. The average Bonchev–Trinajstić information content (AvgIpc) is 2.79. The molecule has 33 heavy (non-hydrogen) atoms. The second kappa shape index (κ2) is 10.7. The molecule has 1 aliphatic carbocycles. The van der Waals surface area contributed by atoms with Crippen LogP contribution in [0.3, 0.4) is 0 Å². The predicted octanol–water partition coefficient (Wildman–Crippen LogP) is 3.55. The molecule has 0 saturated heterocycles. The van der Waals surface area contributed by atoms with Crippen molar-refractivity contribution >= 4 is 33.2 Å². The maximum absolute atomic E-state index is 13.1. The number of hydrogen-bond donors (Lipinski definition) is 2. The monoisotopic (exact) mass is 473 g/mol. The van der Waals surface area contributed by atoms with Gasteiger partial charge in [-0.1, -0.05) is 31.4 Å². The van der Waals surface area contributed by atoms with Gasteiger partial charge in [0.2, 0.25) is 15.9 Å². The van der Waals surface area contributed by atoms with Crippen LogP contribution in [0.4, 0.5) is 11.4 Å². The van der Waals surface area contributed by atoms with E-state index in [0.29, 0.717) is 22.7 Å². The van der Waals surface area contributed by atoms with Crippen LogP contribution in [0.15, 0.2) is 48.5 Å². The number of nitrogens with one attached hydrogen (secondary N) is 2. The molecular formula is C24H31N3O5S. The van der Waals surface area contributed by atoms with Crippen molar-refractivity contribution < 1.29 is 22.7 Å². The predicted molar refractivity (Wildman–Crippen MR) is 129 cm³/mol. The molecule has 1 atom stereocenters. The molecular weight excluding hydrogens is 442 g/mol. The summed E-state index contributed by atoms with van der Waals surface area (Å²) < 4.78 is 31.2. The van der Waals surface area contributed by atoms with Gasteiger partial charge >= 0.3 is 0 Å². The summed E-state index contributed by atoms with van der Waals surface area (Å²) >= 11 is 0. The Labute approximate surface area is 195 Å². The summed E-state index contributed by atoms with van der Waals surface area (Å²) in [5.41, 5.74) is 1.02. The van der Waals surface area contributed by atoms with E-state index in [1.54, 1.807) is 48.5 Å². The van der Waals surface area contributed by atoms with E-state index in [4.69, 9.17) is 4.74 Å². The summed E-state index contributed by atoms with van der Waals surface area (Å²) in [7, 11) is -2.25. The Kier molecular flexibility index (Phi) is 7.97. The minimum absolute atomic E-state index is 0.129. The van der Waals surface area contributed by atoms with Crippen LogP contribution in [-0.2, 0) is 14.8 Å². The first-order valence-electron chi connectivity index (χ1n) is 11.0. The van der Waals surface area contributed by atoms with E-state index in [9.17, 15) is 18.0 Å². The summed E-state index contributed by atoms with van der Waals surface area (Å²) in [6.07, 6.45) is 6.31. The summed E-state index contributed by atoms with van der Waals surface area (Å²) in [6.45, 7) is 1.51. The number of hydrogen-bond acceptors (Lipinski definition) is 5. The molecule has 2 aromatic rings. The first kappa shape index (κ1) is 24.6. The molecule has 9 heteroatoms. The fourth-order valence-corrected chi connectivity index (χ4v) is 5.25. The Morgan fingerprint density at radius 2 is 1.67 bits per heavy atom. The van der Waals surface area contributed by atoms with Gasteiger partial charge in [0, 0.05) is 6.04 Å². The second-order valence-corrected chi connectivity index (χ2v) is 10.1. The molecule has 0 aromatic heterocycles. The highest BCUT2D eigenvalue weighted by Crippen LogP contribution is 2.25. The zero-order valence-electron chi connectivity index (χ0n) is 19.2. The third kappa shape index (κ3) is 6.25. The molecule has 1 saturated carbocycles. The van der Waals surface area contributed by atoms with Gasteiger partial charge in [-0.25, -0.2) is 8.42 Å². The van der Waals surface area contributed by atoms with Gasteiger partial charge in [0.1, 0.15) is 11.8 Å². The van der Waals surface area contributed by atoms with Crippen molar-refractivity contribution in [1.29, 1.82) is 0 Å². The molecule has 0 aliphatic heterocycles. The molecule has 0 radical (unpaired) electrons. The number of ether oxygens (including phenoxy) is 1. The number of rotatable bonds is 8. The molecule has 0 spiro atoms. The molecule has 178 valence electrons. The Bertz CT molecular complexity index is 1080. The largest absolute Gasteiger partial charge is 0.497 e. The highest BCUT2D eigenvalue weighted by molar-refractivity contribution is 7.92. The highest BCUT2D eigenvalue weighted by atomic mass is 32.2. The van der Waals surface area contributed by atoms with Crippen LogP contribution < -0.4 is 19.7 Å². The van der Waals surface area contributed by atoms with Gasteiger partial charge in [-0.15, -0.1) is 0 Å². The van der Waals surface area contributed by atoms with E-state index < -0.39 is 22.0 Å². The molecule has 8 nitrogen and oxygen atoms in total. The summed E-state index contributed by atoms with van der Waals surface area (Å²) in [4.78, 5) is 26.0. The summed E-state index contributed by atoms with van der Waals surface area (Å²) in [6, 6.07) is 12.2. The van der Waals surface area contributed by atoms with Gasteiger partial charge in [0.25, 0.3) is 5.91 Å². The third-order valence-corrected chi connectivity index (χ3v) is 7.03. The number of nitrogens with zero attached hydrogens (tertiary/aromatic N) is 1. The van der Waals surface area contributed by atoms with Crippen molar-refractivity contribution in [1.82, 2.24) is 5.32 Å². The molecule has 2 aromatic carbocycles. The van der Waals surface area contributed by atoms with E-state index in [2.05, 4.69) is 10.6 Å².